The molecule has 1 amide bonds. The fourth-order valence-electron chi connectivity index (χ4n) is 4.41. The lowest BCUT2D eigenvalue weighted by Crippen LogP contribution is -2.40. The Hall–Kier alpha value is -3.12. The minimum Gasteiger partial charge on any atom is -0.496 e. The number of nitrogens with one attached hydrogen (secondary N) is 3. The number of halogens is 1. The number of hydrogen-bond donors (Lipinski definition) is 3. The van der Waals surface area contributed by atoms with Gasteiger partial charge in [0.15, 0.2) is 5.82 Å². The van der Waals surface area contributed by atoms with Gasteiger partial charge in [-0.2, -0.15) is 5.10 Å². The van der Waals surface area contributed by atoms with Gasteiger partial charge in [0.1, 0.15) is 9.96 Å². The molecule has 37 heavy (non-hydrogen) atoms. The van der Waals surface area contributed by atoms with Crippen LogP contribution in [0.2, 0.25) is 4.34 Å². The number of nitrogens with zero attached hydrogens (tertiary/aromatic N) is 2. The number of carbonyl (C=O) groups is 1. The molecule has 0 aliphatic carbocycles. The number of thiophene rings is 1. The van der Waals surface area contributed by atoms with Crippen LogP contribution in [0.25, 0.3) is 10.9 Å². The molecule has 194 valence electrons. The summed E-state index contributed by atoms with van der Waals surface area (Å²) in [5.41, 5.74) is 2.64. The first-order valence-electron chi connectivity index (χ1n) is 11.7. The van der Waals surface area contributed by atoms with Gasteiger partial charge in [0, 0.05) is 6.54 Å². The third-order valence-electron chi connectivity index (χ3n) is 6.17. The molecular formula is C25H26ClN5O4S2. The molecule has 12 heteroatoms. The summed E-state index contributed by atoms with van der Waals surface area (Å²) in [5.74, 6) is 0.684. The number of methoxy groups -OCH3 is 1. The summed E-state index contributed by atoms with van der Waals surface area (Å²) in [7, 11) is -2.36. The van der Waals surface area contributed by atoms with Gasteiger partial charge in [0.2, 0.25) is 5.91 Å². The van der Waals surface area contributed by atoms with Crippen LogP contribution in [0.3, 0.4) is 0 Å². The average Bonchev–Trinajstić information content (AvgIpc) is 3.64. The van der Waals surface area contributed by atoms with E-state index in [0.29, 0.717) is 34.1 Å². The van der Waals surface area contributed by atoms with Crippen molar-refractivity contribution in [1.82, 2.24) is 20.4 Å². The van der Waals surface area contributed by atoms with Gasteiger partial charge in [-0.05, 0) is 54.8 Å². The van der Waals surface area contributed by atoms with E-state index in [1.54, 1.807) is 10.7 Å². The highest BCUT2D eigenvalue weighted by Gasteiger charge is 2.23. The van der Waals surface area contributed by atoms with E-state index in [9.17, 15) is 13.2 Å². The summed E-state index contributed by atoms with van der Waals surface area (Å²) < 4.78 is 36.3. The highest BCUT2D eigenvalue weighted by Crippen LogP contribution is 2.35. The van der Waals surface area contributed by atoms with Crippen molar-refractivity contribution < 1.29 is 17.9 Å². The lowest BCUT2D eigenvalue weighted by atomic mass is 10.1. The van der Waals surface area contributed by atoms with E-state index in [0.717, 1.165) is 41.9 Å². The maximum Gasteiger partial charge on any atom is 0.272 e. The van der Waals surface area contributed by atoms with E-state index in [1.165, 1.54) is 19.2 Å². The molecule has 1 aliphatic rings. The molecule has 0 spiro atoms. The number of benzene rings is 2. The van der Waals surface area contributed by atoms with Gasteiger partial charge in [-0.25, -0.2) is 8.42 Å². The molecule has 0 saturated carbocycles. The van der Waals surface area contributed by atoms with Gasteiger partial charge < -0.3 is 15.4 Å². The van der Waals surface area contributed by atoms with Gasteiger partial charge in [-0.15, -0.1) is 11.3 Å². The highest BCUT2D eigenvalue weighted by atomic mass is 35.5. The first-order chi connectivity index (χ1) is 17.8. The number of sulfonamides is 1. The third kappa shape index (κ3) is 5.59. The number of hydrogen-bond acceptors (Lipinski definition) is 7. The maximum atomic E-state index is 13.0. The van der Waals surface area contributed by atoms with E-state index in [-0.39, 0.29) is 22.0 Å². The Morgan fingerprint density at radius 1 is 1.22 bits per heavy atom. The first-order valence-corrected chi connectivity index (χ1v) is 14.4. The van der Waals surface area contributed by atoms with Crippen molar-refractivity contribution in [3.8, 4) is 5.75 Å². The Labute approximate surface area is 223 Å². The molecule has 3 N–H and O–H groups in total. The van der Waals surface area contributed by atoms with Crippen LogP contribution in [0.4, 0.5) is 5.82 Å². The second kappa shape index (κ2) is 10.7. The molecule has 0 radical (unpaired) electrons. The second-order valence-electron chi connectivity index (χ2n) is 8.71. The standard InChI is InChI=1S/C25H26ClN5O4S2/c1-35-20-9-3-8-19-23(20)24(30-37(33,34)22-11-10-21(26)36-22)29-31(19)15-17-6-2-5-16(13-17)14-28-25(32)18-7-4-12-27-18/h2-3,5-6,8-11,13,18,27H,4,7,12,14-15H2,1H3,(H,28,32)(H,29,30)/t18-/m1/s1. The summed E-state index contributed by atoms with van der Waals surface area (Å²) >= 11 is 6.92. The van der Waals surface area contributed by atoms with Crippen LogP contribution in [0, 0.1) is 0 Å². The first kappa shape index (κ1) is 25.5. The van der Waals surface area contributed by atoms with E-state index >= 15 is 0 Å². The van der Waals surface area contributed by atoms with Gasteiger partial charge in [-0.3, -0.25) is 14.2 Å². The average molecular weight is 560 g/mol. The van der Waals surface area contributed by atoms with Gasteiger partial charge in [0.05, 0.1) is 34.9 Å². The predicted octanol–water partition coefficient (Wildman–Crippen LogP) is 3.98. The molecule has 2 aromatic heterocycles. The predicted molar refractivity (Wildman–Crippen MR) is 145 cm³/mol. The minimum absolute atomic E-state index is 0.0111. The molecule has 5 rings (SSSR count). The van der Waals surface area contributed by atoms with Gasteiger partial charge in [0.25, 0.3) is 10.0 Å². The number of ether oxygens (including phenoxy) is 1. The number of amides is 1. The Morgan fingerprint density at radius 3 is 2.76 bits per heavy atom. The normalized spacial score (nSPS) is 15.7. The number of rotatable bonds is 9. The molecule has 2 aromatic carbocycles. The molecule has 1 saturated heterocycles. The van der Waals surface area contributed by atoms with E-state index in [4.69, 9.17) is 16.3 Å². The topological polar surface area (TPSA) is 114 Å². The zero-order chi connectivity index (χ0) is 26.0. The number of aromatic nitrogens is 2. The fourth-order valence-corrected chi connectivity index (χ4v) is 6.90. The lowest BCUT2D eigenvalue weighted by Gasteiger charge is -2.12. The number of fused-ring (bicyclic) bond motifs is 1. The Balaban J connectivity index is 1.41. The Kier molecular flexibility index (Phi) is 7.38. The van der Waals surface area contributed by atoms with Crippen molar-refractivity contribution in [2.45, 2.75) is 36.2 Å². The van der Waals surface area contributed by atoms with Crippen molar-refractivity contribution in [3.63, 3.8) is 0 Å². The molecule has 3 heterocycles. The maximum absolute atomic E-state index is 13.0. The monoisotopic (exact) mass is 559 g/mol. The smallest absolute Gasteiger partial charge is 0.272 e. The van der Waals surface area contributed by atoms with Crippen LogP contribution in [-0.2, 0) is 27.9 Å². The van der Waals surface area contributed by atoms with Crippen LogP contribution >= 0.6 is 22.9 Å². The van der Waals surface area contributed by atoms with Crippen molar-refractivity contribution in [1.29, 1.82) is 0 Å². The molecule has 9 nitrogen and oxygen atoms in total. The zero-order valence-corrected chi connectivity index (χ0v) is 22.4. The third-order valence-corrected chi connectivity index (χ3v) is 9.23. The van der Waals surface area contributed by atoms with Crippen molar-refractivity contribution in [2.24, 2.45) is 0 Å². The lowest BCUT2D eigenvalue weighted by molar-refractivity contribution is -0.122. The van der Waals surface area contributed by atoms with Crippen LogP contribution in [0.1, 0.15) is 24.0 Å². The fraction of sp³-hybridized carbons (Fsp3) is 0.280. The molecular weight excluding hydrogens is 534 g/mol. The second-order valence-corrected chi connectivity index (χ2v) is 12.3. The minimum atomic E-state index is -3.89. The number of carbonyl (C=O) groups excluding carboxylic acids is 1. The van der Waals surface area contributed by atoms with E-state index in [2.05, 4.69) is 20.5 Å². The summed E-state index contributed by atoms with van der Waals surface area (Å²) in [4.78, 5) is 12.4. The van der Waals surface area contributed by atoms with Crippen molar-refractivity contribution >= 4 is 55.6 Å². The van der Waals surface area contributed by atoms with Crippen LogP contribution in [-0.4, -0.2) is 43.8 Å². The molecule has 1 atom stereocenters. The summed E-state index contributed by atoms with van der Waals surface area (Å²) in [6, 6.07) is 16.2. The highest BCUT2D eigenvalue weighted by molar-refractivity contribution is 7.94. The number of anilines is 1. The molecule has 4 aromatic rings. The summed E-state index contributed by atoms with van der Waals surface area (Å²) in [5, 5.41) is 11.4. The quantitative estimate of drug-likeness (QED) is 0.286. The molecule has 0 unspecified atom stereocenters. The molecule has 1 aliphatic heterocycles. The Bertz CT molecular complexity index is 1540. The van der Waals surface area contributed by atoms with Crippen LogP contribution < -0.4 is 20.1 Å². The van der Waals surface area contributed by atoms with E-state index < -0.39 is 10.0 Å². The summed E-state index contributed by atoms with van der Waals surface area (Å²) in [6.45, 7) is 1.69. The molecule has 1 fully saturated rings. The SMILES string of the molecule is COc1cccc2c1c(NS(=O)(=O)c1ccc(Cl)s1)nn2Cc1cccc(CNC(=O)[C@H]2CCCN2)c1. The van der Waals surface area contributed by atoms with Crippen molar-refractivity contribution in [3.05, 3.63) is 70.1 Å². The largest absolute Gasteiger partial charge is 0.496 e. The van der Waals surface area contributed by atoms with Crippen LogP contribution in [0.15, 0.2) is 58.8 Å². The Morgan fingerprint density at radius 2 is 2.03 bits per heavy atom. The van der Waals surface area contributed by atoms with Crippen molar-refractivity contribution in [2.75, 3.05) is 18.4 Å². The van der Waals surface area contributed by atoms with E-state index in [1.807, 2.05) is 36.4 Å². The molecule has 0 bridgehead atoms. The van der Waals surface area contributed by atoms with Gasteiger partial charge >= 0.3 is 0 Å². The summed E-state index contributed by atoms with van der Waals surface area (Å²) in [6.07, 6.45) is 1.86. The zero-order valence-electron chi connectivity index (χ0n) is 20.0. The van der Waals surface area contributed by atoms with Gasteiger partial charge in [-0.1, -0.05) is 41.9 Å². The van der Waals surface area contributed by atoms with Crippen LogP contribution in [0.5, 0.6) is 5.75 Å².